The highest BCUT2D eigenvalue weighted by Gasteiger charge is 2.38. The van der Waals surface area contributed by atoms with Crippen molar-refractivity contribution < 1.29 is 27.3 Å². The number of hydrogen-bond donors (Lipinski definition) is 0. The molecule has 27 heavy (non-hydrogen) atoms. The summed E-state index contributed by atoms with van der Waals surface area (Å²) in [6, 6.07) is 6.14. The van der Waals surface area contributed by atoms with Crippen molar-refractivity contribution in [2.45, 2.75) is 38.4 Å². The van der Waals surface area contributed by atoms with Crippen molar-refractivity contribution in [2.24, 2.45) is 0 Å². The van der Waals surface area contributed by atoms with Crippen LogP contribution in [0.3, 0.4) is 0 Å². The van der Waals surface area contributed by atoms with Crippen LogP contribution in [0.2, 0.25) is 0 Å². The quantitative estimate of drug-likeness (QED) is 0.722. The van der Waals surface area contributed by atoms with E-state index in [-0.39, 0.29) is 17.8 Å². The van der Waals surface area contributed by atoms with Gasteiger partial charge < -0.3 is 4.52 Å². The third-order valence-electron chi connectivity index (χ3n) is 4.38. The lowest BCUT2D eigenvalue weighted by atomic mass is 10.0. The average Bonchev–Trinajstić information content (AvgIpc) is 3.33. The Morgan fingerprint density at radius 3 is 2.52 bits per heavy atom. The number of aromatic nitrogens is 2. The highest BCUT2D eigenvalue weighted by atomic mass is 19.4. The summed E-state index contributed by atoms with van der Waals surface area (Å²) in [5.41, 5.74) is 1.86. The Labute approximate surface area is 153 Å². The Kier molecular flexibility index (Phi) is 5.31. The zero-order valence-electron chi connectivity index (χ0n) is 14.8. The summed E-state index contributed by atoms with van der Waals surface area (Å²) in [5.74, 6) is -1.73. The smallest absolute Gasteiger partial charge is 0.329 e. The van der Waals surface area contributed by atoms with Crippen LogP contribution in [0.5, 0.6) is 0 Å². The second kappa shape index (κ2) is 7.51. The van der Waals surface area contributed by atoms with Crippen molar-refractivity contribution in [2.75, 3.05) is 7.11 Å². The first-order valence-corrected chi connectivity index (χ1v) is 8.39. The maximum absolute atomic E-state index is 12.6. The van der Waals surface area contributed by atoms with E-state index in [4.69, 9.17) is 4.84 Å². The molecule has 0 fully saturated rings. The van der Waals surface area contributed by atoms with E-state index in [0.717, 1.165) is 30.4 Å². The van der Waals surface area contributed by atoms with Crippen molar-refractivity contribution in [3.05, 3.63) is 47.4 Å². The normalized spacial score (nSPS) is 15.5. The maximum Gasteiger partial charge on any atom is 0.471 e. The van der Waals surface area contributed by atoms with Crippen molar-refractivity contribution in [3.63, 3.8) is 0 Å². The number of rotatable bonds is 5. The summed E-state index contributed by atoms with van der Waals surface area (Å²) in [6.45, 7) is 1.81. The minimum atomic E-state index is -4.69. The minimum absolute atomic E-state index is 0.155. The van der Waals surface area contributed by atoms with Crippen LogP contribution in [0.4, 0.5) is 13.2 Å². The molecule has 2 aromatic rings. The van der Waals surface area contributed by atoms with Gasteiger partial charge in [-0.3, -0.25) is 9.63 Å². The van der Waals surface area contributed by atoms with E-state index >= 15 is 0 Å². The fraction of sp³-hybridized carbons (Fsp3) is 0.389. The van der Waals surface area contributed by atoms with Gasteiger partial charge in [0.15, 0.2) is 0 Å². The fourth-order valence-corrected chi connectivity index (χ4v) is 2.93. The average molecular weight is 381 g/mol. The van der Waals surface area contributed by atoms with Crippen LogP contribution in [0, 0.1) is 0 Å². The maximum atomic E-state index is 12.6. The lowest BCUT2D eigenvalue weighted by molar-refractivity contribution is -0.183. The number of carbonyl (C=O) groups excluding carboxylic acids is 1. The predicted octanol–water partition coefficient (Wildman–Crippen LogP) is 4.32. The molecule has 1 unspecified atom stereocenters. The molecule has 0 spiro atoms. The minimum Gasteiger partial charge on any atom is -0.329 e. The monoisotopic (exact) mass is 381 g/mol. The third kappa shape index (κ3) is 4.02. The van der Waals surface area contributed by atoms with Crippen LogP contribution in [-0.2, 0) is 15.8 Å². The summed E-state index contributed by atoms with van der Waals surface area (Å²) >= 11 is 0. The molecule has 1 heterocycles. The van der Waals surface area contributed by atoms with Crippen molar-refractivity contribution in [1.29, 1.82) is 0 Å². The lowest BCUT2D eigenvalue weighted by Gasteiger charge is -2.27. The van der Waals surface area contributed by atoms with E-state index in [1.165, 1.54) is 12.2 Å². The Bertz CT molecular complexity index is 844. The molecule has 0 saturated heterocycles. The third-order valence-corrected chi connectivity index (χ3v) is 4.38. The lowest BCUT2D eigenvalue weighted by Crippen LogP contribution is -2.33. The van der Waals surface area contributed by atoms with Gasteiger partial charge in [-0.15, -0.1) is 0 Å². The van der Waals surface area contributed by atoms with Crippen LogP contribution >= 0.6 is 0 Å². The van der Waals surface area contributed by atoms with Crippen LogP contribution in [-0.4, -0.2) is 28.2 Å². The SMILES string of the molecule is CON(C(=O)C1=CCCC1)C(C)c1ccc(-c2noc(C(F)(F)F)n2)cc1. The molecule has 0 radical (unpaired) electrons. The summed E-state index contributed by atoms with van der Waals surface area (Å²) in [5, 5.41) is 4.65. The van der Waals surface area contributed by atoms with E-state index in [1.807, 2.05) is 13.0 Å². The van der Waals surface area contributed by atoms with Crippen molar-refractivity contribution in [1.82, 2.24) is 15.2 Å². The van der Waals surface area contributed by atoms with Gasteiger partial charge in [0, 0.05) is 11.1 Å². The predicted molar refractivity (Wildman–Crippen MR) is 88.9 cm³/mol. The van der Waals surface area contributed by atoms with E-state index in [1.54, 1.807) is 24.3 Å². The number of nitrogens with zero attached hydrogens (tertiary/aromatic N) is 3. The molecular weight excluding hydrogens is 363 g/mol. The molecule has 0 saturated carbocycles. The first-order valence-electron chi connectivity index (χ1n) is 8.39. The van der Waals surface area contributed by atoms with Crippen molar-refractivity contribution >= 4 is 5.91 Å². The summed E-state index contributed by atoms with van der Waals surface area (Å²) in [4.78, 5) is 21.2. The van der Waals surface area contributed by atoms with Gasteiger partial charge in [0.1, 0.15) is 0 Å². The van der Waals surface area contributed by atoms with Crippen LogP contribution in [0.1, 0.15) is 43.7 Å². The highest BCUT2D eigenvalue weighted by molar-refractivity contribution is 5.93. The van der Waals surface area contributed by atoms with Crippen molar-refractivity contribution in [3.8, 4) is 11.4 Å². The molecule has 1 aromatic heterocycles. The number of alkyl halides is 3. The van der Waals surface area contributed by atoms with Crippen LogP contribution in [0.15, 0.2) is 40.4 Å². The van der Waals surface area contributed by atoms with Crippen LogP contribution < -0.4 is 0 Å². The molecule has 0 aliphatic heterocycles. The fourth-order valence-electron chi connectivity index (χ4n) is 2.93. The molecule has 1 aromatic carbocycles. The van der Waals surface area contributed by atoms with Gasteiger partial charge in [0.05, 0.1) is 13.2 Å². The van der Waals surface area contributed by atoms with Gasteiger partial charge in [0.2, 0.25) is 5.82 Å². The largest absolute Gasteiger partial charge is 0.471 e. The Morgan fingerprint density at radius 2 is 2.00 bits per heavy atom. The number of carbonyl (C=O) groups is 1. The Morgan fingerprint density at radius 1 is 1.30 bits per heavy atom. The molecule has 0 bridgehead atoms. The Balaban J connectivity index is 1.77. The molecule has 1 aliphatic carbocycles. The van der Waals surface area contributed by atoms with Gasteiger partial charge in [-0.05, 0) is 31.7 Å². The zero-order valence-corrected chi connectivity index (χ0v) is 14.8. The molecule has 0 N–H and O–H groups in total. The molecule has 1 amide bonds. The molecule has 144 valence electrons. The molecule has 6 nitrogen and oxygen atoms in total. The van der Waals surface area contributed by atoms with E-state index < -0.39 is 12.1 Å². The van der Waals surface area contributed by atoms with Gasteiger partial charge in [-0.25, -0.2) is 5.06 Å². The van der Waals surface area contributed by atoms with Crippen LogP contribution in [0.25, 0.3) is 11.4 Å². The molecule has 9 heteroatoms. The summed E-state index contributed by atoms with van der Waals surface area (Å²) < 4.78 is 41.9. The first kappa shape index (κ1) is 19.1. The standard InChI is InChI=1S/C18H18F3N3O3/c1-11(24(26-2)16(25)14-5-3-4-6-14)12-7-9-13(10-8-12)15-22-17(27-23-15)18(19,20)21/h5,7-11H,3-4,6H2,1-2H3. The van der Waals surface area contributed by atoms with Gasteiger partial charge >= 0.3 is 12.1 Å². The number of halogens is 3. The summed E-state index contributed by atoms with van der Waals surface area (Å²) in [7, 11) is 1.43. The number of allylic oxidation sites excluding steroid dienone is 1. The number of amides is 1. The van der Waals surface area contributed by atoms with Gasteiger partial charge in [-0.1, -0.05) is 35.5 Å². The number of hydrogen-bond acceptors (Lipinski definition) is 5. The number of benzene rings is 1. The highest BCUT2D eigenvalue weighted by Crippen LogP contribution is 2.30. The Hall–Kier alpha value is -2.68. The van der Waals surface area contributed by atoms with E-state index in [0.29, 0.717) is 5.56 Å². The molecular formula is C18H18F3N3O3. The van der Waals surface area contributed by atoms with E-state index in [9.17, 15) is 18.0 Å². The molecule has 1 atom stereocenters. The number of hydroxylamine groups is 2. The topological polar surface area (TPSA) is 68.5 Å². The molecule has 1 aliphatic rings. The molecule has 3 rings (SSSR count). The summed E-state index contributed by atoms with van der Waals surface area (Å²) in [6.07, 6.45) is -0.213. The zero-order chi connectivity index (χ0) is 19.6. The van der Waals surface area contributed by atoms with E-state index in [2.05, 4.69) is 14.7 Å². The van der Waals surface area contributed by atoms with Gasteiger partial charge in [-0.2, -0.15) is 18.2 Å². The van der Waals surface area contributed by atoms with Gasteiger partial charge in [0.25, 0.3) is 5.91 Å². The second-order valence-corrected chi connectivity index (χ2v) is 6.15. The second-order valence-electron chi connectivity index (χ2n) is 6.15. The first-order chi connectivity index (χ1) is 12.8.